The van der Waals surface area contributed by atoms with Crippen molar-refractivity contribution in [2.45, 2.75) is 51.6 Å². The van der Waals surface area contributed by atoms with Crippen LogP contribution in [-0.4, -0.2) is 17.8 Å². The maximum absolute atomic E-state index is 9.14. The molecule has 0 aliphatic rings. The van der Waals surface area contributed by atoms with Crippen molar-refractivity contribution in [1.29, 1.82) is 0 Å². The lowest BCUT2D eigenvalue weighted by atomic mass is 10.00. The third-order valence-electron chi connectivity index (χ3n) is 3.06. The maximum Gasteiger partial charge on any atom is 0.0582 e. The molecule has 96 valence electrons. The van der Waals surface area contributed by atoms with Gasteiger partial charge in [-0.25, -0.2) is 0 Å². The van der Waals surface area contributed by atoms with E-state index in [1.54, 1.807) is 0 Å². The van der Waals surface area contributed by atoms with E-state index < -0.39 is 0 Å². The minimum atomic E-state index is 0.154. The predicted octanol–water partition coefficient (Wildman–Crippen LogP) is 3.28. The Hall–Kier alpha value is -0.860. The zero-order chi connectivity index (χ0) is 12.5. The molecule has 0 aliphatic heterocycles. The van der Waals surface area contributed by atoms with Gasteiger partial charge in [-0.05, 0) is 18.9 Å². The van der Waals surface area contributed by atoms with Gasteiger partial charge in [-0.3, -0.25) is 0 Å². The number of aliphatic hydroxyl groups is 1. The van der Waals surface area contributed by atoms with E-state index in [4.69, 9.17) is 5.11 Å². The monoisotopic (exact) mass is 235 g/mol. The summed E-state index contributed by atoms with van der Waals surface area (Å²) in [4.78, 5) is 0. The van der Waals surface area contributed by atoms with Crippen LogP contribution < -0.4 is 5.32 Å². The zero-order valence-corrected chi connectivity index (χ0v) is 11.0. The molecule has 0 amide bonds. The van der Waals surface area contributed by atoms with Gasteiger partial charge in [-0.15, -0.1) is 0 Å². The fourth-order valence-electron chi connectivity index (χ4n) is 2.03. The summed E-state index contributed by atoms with van der Waals surface area (Å²) in [6, 6.07) is 11.0. The van der Waals surface area contributed by atoms with Crippen LogP contribution in [0.5, 0.6) is 0 Å². The highest BCUT2D eigenvalue weighted by Gasteiger charge is 2.12. The van der Waals surface area contributed by atoms with E-state index in [1.165, 1.54) is 24.8 Å². The highest BCUT2D eigenvalue weighted by Crippen LogP contribution is 2.20. The molecule has 0 bridgehead atoms. The zero-order valence-electron chi connectivity index (χ0n) is 11.0. The van der Waals surface area contributed by atoms with Crippen LogP contribution in [0, 0.1) is 0 Å². The quantitative estimate of drug-likeness (QED) is 0.678. The number of aliphatic hydroxyl groups excluding tert-OH is 1. The Morgan fingerprint density at radius 1 is 1.18 bits per heavy atom. The van der Waals surface area contributed by atoms with Gasteiger partial charge in [0.05, 0.1) is 6.61 Å². The molecule has 17 heavy (non-hydrogen) atoms. The number of benzene rings is 1. The minimum absolute atomic E-state index is 0.154. The van der Waals surface area contributed by atoms with Gasteiger partial charge < -0.3 is 10.4 Å². The minimum Gasteiger partial charge on any atom is -0.395 e. The summed E-state index contributed by atoms with van der Waals surface area (Å²) in [5, 5.41) is 12.6. The second kappa shape index (κ2) is 8.26. The molecule has 0 heterocycles. The van der Waals surface area contributed by atoms with E-state index in [0.29, 0.717) is 6.04 Å². The van der Waals surface area contributed by atoms with Crippen LogP contribution in [0.25, 0.3) is 0 Å². The average Bonchev–Trinajstić information content (AvgIpc) is 2.38. The first kappa shape index (κ1) is 14.2. The number of hydrogen-bond acceptors (Lipinski definition) is 2. The number of nitrogens with one attached hydrogen (secondary N) is 1. The van der Waals surface area contributed by atoms with Crippen molar-refractivity contribution in [3.8, 4) is 0 Å². The van der Waals surface area contributed by atoms with Gasteiger partial charge in [0.25, 0.3) is 0 Å². The van der Waals surface area contributed by atoms with Gasteiger partial charge in [0.2, 0.25) is 0 Å². The molecule has 0 aromatic heterocycles. The van der Waals surface area contributed by atoms with Gasteiger partial charge in [0.15, 0.2) is 0 Å². The Balaban J connectivity index is 2.58. The molecule has 2 nitrogen and oxygen atoms in total. The second-order valence-corrected chi connectivity index (χ2v) is 4.71. The molecule has 0 spiro atoms. The summed E-state index contributed by atoms with van der Waals surface area (Å²) in [7, 11) is 0. The first-order chi connectivity index (χ1) is 8.27. The molecule has 2 N–H and O–H groups in total. The fraction of sp³-hybridized carbons (Fsp3) is 0.600. The highest BCUT2D eigenvalue weighted by molar-refractivity contribution is 5.18. The molecule has 2 unspecified atom stereocenters. The second-order valence-electron chi connectivity index (χ2n) is 4.71. The first-order valence-electron chi connectivity index (χ1n) is 6.69. The Labute approximate surface area is 105 Å². The van der Waals surface area contributed by atoms with E-state index in [0.717, 1.165) is 6.42 Å². The Bertz CT molecular complexity index is 286. The molecule has 0 fully saturated rings. The van der Waals surface area contributed by atoms with Crippen molar-refractivity contribution < 1.29 is 5.11 Å². The molecule has 1 aromatic carbocycles. The molecule has 1 aromatic rings. The molecule has 2 atom stereocenters. The molecular formula is C15H25NO. The summed E-state index contributed by atoms with van der Waals surface area (Å²) in [5.74, 6) is 0. The molecular weight excluding hydrogens is 210 g/mol. The van der Waals surface area contributed by atoms with Gasteiger partial charge in [0, 0.05) is 12.1 Å². The van der Waals surface area contributed by atoms with Crippen molar-refractivity contribution in [2.75, 3.05) is 6.61 Å². The van der Waals surface area contributed by atoms with Crippen molar-refractivity contribution in [1.82, 2.24) is 5.32 Å². The predicted molar refractivity (Wildman–Crippen MR) is 73.0 cm³/mol. The van der Waals surface area contributed by atoms with E-state index in [2.05, 4.69) is 36.5 Å². The van der Waals surface area contributed by atoms with E-state index >= 15 is 0 Å². The van der Waals surface area contributed by atoms with E-state index in [1.807, 2.05) is 13.0 Å². The van der Waals surface area contributed by atoms with Crippen LogP contribution in [0.15, 0.2) is 30.3 Å². The summed E-state index contributed by atoms with van der Waals surface area (Å²) in [6.45, 7) is 4.44. The number of hydrogen-bond donors (Lipinski definition) is 2. The van der Waals surface area contributed by atoms with Crippen molar-refractivity contribution in [3.63, 3.8) is 0 Å². The molecule has 0 radical (unpaired) electrons. The van der Waals surface area contributed by atoms with Crippen LogP contribution in [0.3, 0.4) is 0 Å². The van der Waals surface area contributed by atoms with Gasteiger partial charge >= 0.3 is 0 Å². The van der Waals surface area contributed by atoms with Crippen LogP contribution in [-0.2, 0) is 0 Å². The van der Waals surface area contributed by atoms with Crippen molar-refractivity contribution in [2.24, 2.45) is 0 Å². The van der Waals surface area contributed by atoms with Crippen LogP contribution in [0.4, 0.5) is 0 Å². The summed E-state index contributed by atoms with van der Waals surface area (Å²) in [6.07, 6.45) is 4.90. The summed E-state index contributed by atoms with van der Waals surface area (Å²) >= 11 is 0. The van der Waals surface area contributed by atoms with E-state index in [-0.39, 0.29) is 12.6 Å². The van der Waals surface area contributed by atoms with Gasteiger partial charge in [0.1, 0.15) is 0 Å². The number of rotatable bonds is 8. The van der Waals surface area contributed by atoms with E-state index in [9.17, 15) is 0 Å². The Morgan fingerprint density at radius 2 is 1.88 bits per heavy atom. The largest absolute Gasteiger partial charge is 0.395 e. The lowest BCUT2D eigenvalue weighted by Crippen LogP contribution is -2.33. The lowest BCUT2D eigenvalue weighted by Gasteiger charge is -2.22. The van der Waals surface area contributed by atoms with Crippen LogP contribution >= 0.6 is 0 Å². The summed E-state index contributed by atoms with van der Waals surface area (Å²) in [5.41, 5.74) is 1.32. The SMILES string of the molecule is CCCCCC(NC(C)CO)c1ccccc1. The Morgan fingerprint density at radius 3 is 2.47 bits per heavy atom. The molecule has 2 heteroatoms. The summed E-state index contributed by atoms with van der Waals surface area (Å²) < 4.78 is 0. The fourth-order valence-corrected chi connectivity index (χ4v) is 2.03. The topological polar surface area (TPSA) is 32.3 Å². The first-order valence-corrected chi connectivity index (χ1v) is 6.69. The van der Waals surface area contributed by atoms with Gasteiger partial charge in [-0.1, -0.05) is 56.5 Å². The third-order valence-corrected chi connectivity index (χ3v) is 3.06. The molecule has 0 aliphatic carbocycles. The molecule has 1 rings (SSSR count). The lowest BCUT2D eigenvalue weighted by molar-refractivity contribution is 0.237. The molecule has 0 saturated heterocycles. The van der Waals surface area contributed by atoms with Crippen molar-refractivity contribution in [3.05, 3.63) is 35.9 Å². The Kier molecular flexibility index (Phi) is 6.90. The highest BCUT2D eigenvalue weighted by atomic mass is 16.3. The maximum atomic E-state index is 9.14. The smallest absolute Gasteiger partial charge is 0.0582 e. The van der Waals surface area contributed by atoms with Crippen LogP contribution in [0.2, 0.25) is 0 Å². The number of unbranched alkanes of at least 4 members (excludes halogenated alkanes) is 2. The average molecular weight is 235 g/mol. The third kappa shape index (κ3) is 5.33. The van der Waals surface area contributed by atoms with Crippen LogP contribution in [0.1, 0.15) is 51.1 Å². The standard InChI is InChI=1S/C15H25NO/c1-3-4-6-11-15(16-13(2)12-17)14-9-7-5-8-10-14/h5,7-10,13,15-17H,3-4,6,11-12H2,1-2H3. The van der Waals surface area contributed by atoms with Gasteiger partial charge in [-0.2, -0.15) is 0 Å². The van der Waals surface area contributed by atoms with Crippen molar-refractivity contribution >= 4 is 0 Å². The normalized spacial score (nSPS) is 14.5. The molecule has 0 saturated carbocycles.